The van der Waals surface area contributed by atoms with Crippen LogP contribution in [0.3, 0.4) is 0 Å². The minimum atomic E-state index is 0.620. The first-order valence-electron chi connectivity index (χ1n) is 12.3. The standard InChI is InChI=1S/C32H18N4O2/c1-4-8-30-21(5-1)23-9-10-25(36-32(23)38-30)19-11-13-33-27(15-19)28-16-20(12-14-34-28)26-17-31-24(18-35-26)22-6-2-3-7-29(22)37-31/h1-18H. The molecule has 38 heavy (non-hydrogen) atoms. The van der Waals surface area contributed by atoms with Crippen LogP contribution >= 0.6 is 0 Å². The maximum atomic E-state index is 6.06. The van der Waals surface area contributed by atoms with E-state index in [-0.39, 0.29) is 0 Å². The first-order chi connectivity index (χ1) is 18.8. The molecule has 6 heteroatoms. The zero-order valence-corrected chi connectivity index (χ0v) is 20.0. The normalized spacial score (nSPS) is 11.7. The second-order valence-corrected chi connectivity index (χ2v) is 9.17. The van der Waals surface area contributed by atoms with E-state index in [4.69, 9.17) is 18.8 Å². The molecule has 0 aliphatic rings. The number of fused-ring (bicyclic) bond motifs is 6. The van der Waals surface area contributed by atoms with Crippen molar-refractivity contribution in [2.45, 2.75) is 0 Å². The van der Waals surface area contributed by atoms with E-state index >= 15 is 0 Å². The summed E-state index contributed by atoms with van der Waals surface area (Å²) < 4.78 is 12.1. The van der Waals surface area contributed by atoms with E-state index in [0.717, 1.165) is 72.2 Å². The maximum Gasteiger partial charge on any atom is 0.227 e. The number of hydrogen-bond acceptors (Lipinski definition) is 6. The Morgan fingerprint density at radius 2 is 1.11 bits per heavy atom. The lowest BCUT2D eigenvalue weighted by atomic mass is 10.1. The van der Waals surface area contributed by atoms with Gasteiger partial charge in [-0.05, 0) is 48.5 Å². The summed E-state index contributed by atoms with van der Waals surface area (Å²) in [6.45, 7) is 0. The second-order valence-electron chi connectivity index (χ2n) is 9.17. The molecule has 0 radical (unpaired) electrons. The van der Waals surface area contributed by atoms with Crippen molar-refractivity contribution >= 4 is 44.0 Å². The van der Waals surface area contributed by atoms with Gasteiger partial charge >= 0.3 is 0 Å². The van der Waals surface area contributed by atoms with Crippen LogP contribution in [0.5, 0.6) is 0 Å². The van der Waals surface area contributed by atoms with Crippen LogP contribution in [0, 0.1) is 0 Å². The highest BCUT2D eigenvalue weighted by molar-refractivity contribution is 6.05. The first-order valence-corrected chi connectivity index (χ1v) is 12.3. The van der Waals surface area contributed by atoms with Crippen LogP contribution < -0.4 is 0 Å². The zero-order valence-electron chi connectivity index (χ0n) is 20.0. The number of aromatic nitrogens is 4. The van der Waals surface area contributed by atoms with Gasteiger partial charge in [-0.1, -0.05) is 36.4 Å². The molecule has 6 aromatic heterocycles. The van der Waals surface area contributed by atoms with Gasteiger partial charge in [0.1, 0.15) is 16.7 Å². The molecule has 0 amide bonds. The molecule has 8 aromatic rings. The van der Waals surface area contributed by atoms with Gasteiger partial charge in [-0.2, -0.15) is 0 Å². The Kier molecular flexibility index (Phi) is 4.42. The van der Waals surface area contributed by atoms with Crippen molar-refractivity contribution in [3.05, 3.63) is 110 Å². The summed E-state index contributed by atoms with van der Waals surface area (Å²) in [5.41, 5.74) is 8.11. The number of furan rings is 2. The minimum absolute atomic E-state index is 0.620. The van der Waals surface area contributed by atoms with Crippen LogP contribution in [0.25, 0.3) is 77.9 Å². The van der Waals surface area contributed by atoms with E-state index < -0.39 is 0 Å². The molecule has 0 saturated heterocycles. The Labute approximate surface area is 216 Å². The molecule has 0 N–H and O–H groups in total. The van der Waals surface area contributed by atoms with E-state index in [2.05, 4.69) is 16.0 Å². The molecule has 0 fully saturated rings. The molecular weight excluding hydrogens is 472 g/mol. The Balaban J connectivity index is 1.18. The third-order valence-electron chi connectivity index (χ3n) is 6.88. The van der Waals surface area contributed by atoms with Gasteiger partial charge in [-0.15, -0.1) is 0 Å². The Bertz CT molecular complexity index is 2000. The summed E-state index contributed by atoms with van der Waals surface area (Å²) in [7, 11) is 0. The quantitative estimate of drug-likeness (QED) is 0.249. The van der Waals surface area contributed by atoms with Crippen molar-refractivity contribution in [3.63, 3.8) is 0 Å². The molecule has 0 atom stereocenters. The van der Waals surface area contributed by atoms with Gasteiger partial charge in [0.15, 0.2) is 0 Å². The smallest absolute Gasteiger partial charge is 0.227 e. The van der Waals surface area contributed by atoms with E-state index in [1.165, 1.54) is 0 Å². The van der Waals surface area contributed by atoms with Crippen molar-refractivity contribution in [3.8, 4) is 33.9 Å². The van der Waals surface area contributed by atoms with Crippen LogP contribution in [0.2, 0.25) is 0 Å². The third-order valence-corrected chi connectivity index (χ3v) is 6.88. The molecule has 0 unspecified atom stereocenters. The van der Waals surface area contributed by atoms with Crippen molar-refractivity contribution in [2.24, 2.45) is 0 Å². The van der Waals surface area contributed by atoms with Crippen molar-refractivity contribution in [2.75, 3.05) is 0 Å². The second kappa shape index (κ2) is 8.08. The number of rotatable bonds is 3. The summed E-state index contributed by atoms with van der Waals surface area (Å²) in [4.78, 5) is 18.7. The average Bonchev–Trinajstić information content (AvgIpc) is 3.54. The van der Waals surface area contributed by atoms with E-state index in [1.807, 2.05) is 91.1 Å². The first kappa shape index (κ1) is 20.8. The Hall–Kier alpha value is -5.36. The SMILES string of the molecule is c1ccc2c(c1)oc1cc(-c3ccnc(-c4cc(-c5ccc6c(n5)oc5ccccc56)ccn4)c3)ncc12. The lowest BCUT2D eigenvalue weighted by Crippen LogP contribution is -1.91. The monoisotopic (exact) mass is 490 g/mol. The van der Waals surface area contributed by atoms with Crippen LogP contribution in [0.1, 0.15) is 0 Å². The topological polar surface area (TPSA) is 77.8 Å². The zero-order chi connectivity index (χ0) is 25.1. The highest BCUT2D eigenvalue weighted by atomic mass is 16.3. The van der Waals surface area contributed by atoms with Crippen molar-refractivity contribution in [1.82, 2.24) is 19.9 Å². The Morgan fingerprint density at radius 3 is 1.87 bits per heavy atom. The van der Waals surface area contributed by atoms with Crippen molar-refractivity contribution in [1.29, 1.82) is 0 Å². The molecule has 6 nitrogen and oxygen atoms in total. The van der Waals surface area contributed by atoms with Crippen LogP contribution in [-0.4, -0.2) is 19.9 Å². The van der Waals surface area contributed by atoms with E-state index in [9.17, 15) is 0 Å². The van der Waals surface area contributed by atoms with Gasteiger partial charge in [-0.3, -0.25) is 15.0 Å². The van der Waals surface area contributed by atoms with Gasteiger partial charge < -0.3 is 8.83 Å². The van der Waals surface area contributed by atoms with Gasteiger partial charge in [0.05, 0.1) is 22.8 Å². The molecule has 0 aliphatic heterocycles. The Morgan fingerprint density at radius 1 is 0.447 bits per heavy atom. The van der Waals surface area contributed by atoms with Gasteiger partial charge in [0.2, 0.25) is 5.71 Å². The van der Waals surface area contributed by atoms with E-state index in [1.54, 1.807) is 12.4 Å². The lowest BCUT2D eigenvalue weighted by Gasteiger charge is -2.06. The maximum absolute atomic E-state index is 6.06. The lowest BCUT2D eigenvalue weighted by molar-refractivity contribution is 0.654. The number of para-hydroxylation sites is 2. The molecular formula is C32H18N4O2. The summed E-state index contributed by atoms with van der Waals surface area (Å²) in [5, 5.41) is 4.13. The van der Waals surface area contributed by atoms with Gasteiger partial charge in [0.25, 0.3) is 0 Å². The fraction of sp³-hybridized carbons (Fsp3) is 0. The number of benzene rings is 2. The molecule has 0 saturated carbocycles. The summed E-state index contributed by atoms with van der Waals surface area (Å²) >= 11 is 0. The molecule has 6 heterocycles. The fourth-order valence-electron chi connectivity index (χ4n) is 5.00. The highest BCUT2D eigenvalue weighted by Gasteiger charge is 2.13. The molecule has 178 valence electrons. The summed E-state index contributed by atoms with van der Waals surface area (Å²) in [5.74, 6) is 0. The van der Waals surface area contributed by atoms with Crippen molar-refractivity contribution < 1.29 is 8.83 Å². The summed E-state index contributed by atoms with van der Waals surface area (Å²) in [6.07, 6.45) is 5.43. The largest absolute Gasteiger partial charge is 0.456 e. The van der Waals surface area contributed by atoms with E-state index in [0.29, 0.717) is 5.71 Å². The minimum Gasteiger partial charge on any atom is -0.456 e. The van der Waals surface area contributed by atoms with Crippen LogP contribution in [-0.2, 0) is 0 Å². The van der Waals surface area contributed by atoms with Crippen LogP contribution in [0.15, 0.2) is 118 Å². The van der Waals surface area contributed by atoms with Crippen LogP contribution in [0.4, 0.5) is 0 Å². The number of nitrogens with zero attached hydrogens (tertiary/aromatic N) is 4. The molecule has 2 aromatic carbocycles. The predicted molar refractivity (Wildman–Crippen MR) is 148 cm³/mol. The third kappa shape index (κ3) is 3.28. The summed E-state index contributed by atoms with van der Waals surface area (Å²) in [6, 6.07) is 29.9. The van der Waals surface area contributed by atoms with Gasteiger partial charge in [-0.25, -0.2) is 4.98 Å². The molecule has 0 bridgehead atoms. The average molecular weight is 491 g/mol. The number of hydrogen-bond donors (Lipinski definition) is 0. The van der Waals surface area contributed by atoms with Gasteiger partial charge in [0, 0.05) is 57.3 Å². The molecule has 0 spiro atoms. The molecule has 0 aliphatic carbocycles. The highest BCUT2D eigenvalue weighted by Crippen LogP contribution is 2.33. The molecule has 8 rings (SSSR count). The number of pyridine rings is 4. The predicted octanol–water partition coefficient (Wildman–Crippen LogP) is 8.07. The fourth-order valence-corrected chi connectivity index (χ4v) is 5.00.